The second-order valence-electron chi connectivity index (χ2n) is 5.34. The zero-order valence-corrected chi connectivity index (χ0v) is 16.3. The number of aromatic nitrogens is 1. The maximum Gasteiger partial charge on any atom is 0.293 e. The van der Waals surface area contributed by atoms with Gasteiger partial charge >= 0.3 is 0 Å². The Balaban J connectivity index is 1.98. The number of hydrogen-bond donors (Lipinski definition) is 3. The Hall–Kier alpha value is -2.53. The molecule has 3 N–H and O–H groups in total. The number of rotatable bonds is 4. The van der Waals surface area contributed by atoms with E-state index in [1.54, 1.807) is 6.07 Å². The minimum Gasteiger partial charge on any atom is -0.355 e. The van der Waals surface area contributed by atoms with Gasteiger partial charge in [0.25, 0.3) is 17.5 Å². The summed E-state index contributed by atoms with van der Waals surface area (Å²) in [5.74, 6) is -0.358. The maximum absolute atomic E-state index is 11.9. The molecule has 0 atom stereocenters. The lowest BCUT2D eigenvalue weighted by Gasteiger charge is -2.12. The molecule has 26 heavy (non-hydrogen) atoms. The third-order valence-electron chi connectivity index (χ3n) is 3.71. The van der Waals surface area contributed by atoms with Crippen LogP contribution < -0.4 is 16.0 Å². The molecule has 0 unspecified atom stereocenters. The van der Waals surface area contributed by atoms with Gasteiger partial charge in [0.2, 0.25) is 0 Å². The van der Waals surface area contributed by atoms with E-state index in [1.807, 2.05) is 0 Å². The minimum atomic E-state index is -1.12. The second kappa shape index (κ2) is 6.65. The maximum atomic E-state index is 11.9. The number of nitrogens with zero attached hydrogens (tertiary/aromatic N) is 2. The van der Waals surface area contributed by atoms with E-state index in [4.69, 9.17) is 0 Å². The summed E-state index contributed by atoms with van der Waals surface area (Å²) in [6, 6.07) is 5.74. The molecule has 11 heteroatoms. The molecular formula is C15H11Br2N5O4. The fourth-order valence-corrected chi connectivity index (χ4v) is 3.21. The first kappa shape index (κ1) is 18.3. The summed E-state index contributed by atoms with van der Waals surface area (Å²) >= 11 is 6.56. The van der Waals surface area contributed by atoms with E-state index in [1.165, 1.54) is 31.4 Å². The number of pyridine rings is 1. The Morgan fingerprint density at radius 2 is 2.08 bits per heavy atom. The fraction of sp³-hybridized carbons (Fsp3) is 0.133. The van der Waals surface area contributed by atoms with Gasteiger partial charge in [-0.2, -0.15) is 0 Å². The van der Waals surface area contributed by atoms with Gasteiger partial charge in [-0.15, -0.1) is 0 Å². The molecule has 0 saturated carbocycles. The molecule has 1 aliphatic heterocycles. The second-order valence-corrected chi connectivity index (χ2v) is 8.78. The Labute approximate surface area is 164 Å². The Morgan fingerprint density at radius 3 is 2.73 bits per heavy atom. The van der Waals surface area contributed by atoms with Gasteiger partial charge in [0, 0.05) is 24.2 Å². The fourth-order valence-electron chi connectivity index (χ4n) is 2.41. The quantitative estimate of drug-likeness (QED) is 0.348. The lowest BCUT2D eigenvalue weighted by atomic mass is 10.1. The summed E-state index contributed by atoms with van der Waals surface area (Å²) in [6.45, 7) is 0. The minimum absolute atomic E-state index is 0.173. The number of nitro groups is 1. The summed E-state index contributed by atoms with van der Waals surface area (Å²) in [4.78, 5) is 38.5. The van der Waals surface area contributed by atoms with Crippen LogP contribution in [0.1, 0.15) is 15.9 Å². The molecule has 2 heterocycles. The standard InChI is InChI=1S/C15H11Br2N5O4/c1-18-13(23)7-2-3-10(11(4-7)22(25)26)20-8-5-9-12(19-6-8)21-14(24)15(9,16)17/h2-6,20H,1H3,(H,18,23)(H,19,21,24). The normalized spacial score (nSPS) is 14.3. The number of nitro benzene ring substituents is 1. The van der Waals surface area contributed by atoms with Crippen molar-refractivity contribution in [1.82, 2.24) is 10.3 Å². The van der Waals surface area contributed by atoms with Gasteiger partial charge in [-0.3, -0.25) is 19.7 Å². The summed E-state index contributed by atoms with van der Waals surface area (Å²) in [7, 11) is 1.44. The first-order valence-electron chi connectivity index (χ1n) is 7.21. The van der Waals surface area contributed by atoms with Gasteiger partial charge in [0.05, 0.1) is 16.8 Å². The molecule has 0 spiro atoms. The highest BCUT2D eigenvalue weighted by atomic mass is 79.9. The van der Waals surface area contributed by atoms with Gasteiger partial charge < -0.3 is 16.0 Å². The topological polar surface area (TPSA) is 126 Å². The Bertz CT molecular complexity index is 948. The molecule has 3 rings (SSSR count). The van der Waals surface area contributed by atoms with Crippen LogP contribution in [-0.4, -0.2) is 28.8 Å². The van der Waals surface area contributed by atoms with Crippen LogP contribution in [0.15, 0.2) is 30.5 Å². The van der Waals surface area contributed by atoms with Crippen molar-refractivity contribution in [3.05, 3.63) is 51.7 Å². The van der Waals surface area contributed by atoms with Crippen molar-refractivity contribution in [2.45, 2.75) is 3.23 Å². The number of alkyl halides is 2. The summed E-state index contributed by atoms with van der Waals surface area (Å²) < 4.78 is -1.12. The van der Waals surface area contributed by atoms with Gasteiger partial charge in [0.1, 0.15) is 11.5 Å². The van der Waals surface area contributed by atoms with Crippen molar-refractivity contribution in [3.63, 3.8) is 0 Å². The molecular weight excluding hydrogens is 474 g/mol. The van der Waals surface area contributed by atoms with E-state index in [2.05, 4.69) is 52.8 Å². The van der Waals surface area contributed by atoms with E-state index >= 15 is 0 Å². The van der Waals surface area contributed by atoms with E-state index in [0.717, 1.165) is 0 Å². The lowest BCUT2D eigenvalue weighted by Crippen LogP contribution is -2.20. The Kier molecular flexibility index (Phi) is 4.67. The molecule has 0 radical (unpaired) electrons. The smallest absolute Gasteiger partial charge is 0.293 e. The number of fused-ring (bicyclic) bond motifs is 1. The molecule has 2 aromatic rings. The lowest BCUT2D eigenvalue weighted by molar-refractivity contribution is -0.383. The highest BCUT2D eigenvalue weighted by Crippen LogP contribution is 2.47. The van der Waals surface area contributed by atoms with Gasteiger partial charge in [0.15, 0.2) is 3.23 Å². The average Bonchev–Trinajstić information content (AvgIpc) is 2.83. The van der Waals surface area contributed by atoms with Crippen molar-refractivity contribution >= 4 is 66.6 Å². The molecule has 134 valence electrons. The number of amides is 2. The van der Waals surface area contributed by atoms with Crippen LogP contribution in [0.4, 0.5) is 22.9 Å². The van der Waals surface area contributed by atoms with Crippen LogP contribution in [0, 0.1) is 10.1 Å². The van der Waals surface area contributed by atoms with Crippen molar-refractivity contribution in [3.8, 4) is 0 Å². The van der Waals surface area contributed by atoms with Crippen LogP contribution >= 0.6 is 31.9 Å². The molecule has 1 aliphatic rings. The summed E-state index contributed by atoms with van der Waals surface area (Å²) in [6.07, 6.45) is 1.44. The number of carbonyl (C=O) groups is 2. The van der Waals surface area contributed by atoms with Gasteiger partial charge in [-0.1, -0.05) is 31.9 Å². The third kappa shape index (κ3) is 3.15. The predicted octanol–water partition coefficient (Wildman–Crippen LogP) is 2.99. The van der Waals surface area contributed by atoms with Crippen LogP contribution in [0.3, 0.4) is 0 Å². The number of hydrogen-bond acceptors (Lipinski definition) is 6. The molecule has 0 aliphatic carbocycles. The van der Waals surface area contributed by atoms with Crippen LogP contribution in [0.25, 0.3) is 0 Å². The number of anilines is 3. The highest BCUT2D eigenvalue weighted by molar-refractivity contribution is 9.25. The number of benzene rings is 1. The summed E-state index contributed by atoms with van der Waals surface area (Å²) in [5, 5.41) is 19.3. The third-order valence-corrected chi connectivity index (χ3v) is 5.28. The zero-order chi connectivity index (χ0) is 19.1. The number of carbonyl (C=O) groups excluding carboxylic acids is 2. The van der Waals surface area contributed by atoms with E-state index in [0.29, 0.717) is 17.1 Å². The van der Waals surface area contributed by atoms with Crippen LogP contribution in [0.5, 0.6) is 0 Å². The zero-order valence-electron chi connectivity index (χ0n) is 13.2. The van der Waals surface area contributed by atoms with Crippen LogP contribution in [-0.2, 0) is 8.03 Å². The first-order valence-corrected chi connectivity index (χ1v) is 8.80. The largest absolute Gasteiger partial charge is 0.355 e. The average molecular weight is 485 g/mol. The number of nitrogens with one attached hydrogen (secondary N) is 3. The SMILES string of the molecule is CNC(=O)c1ccc(Nc2cnc3c(c2)C(Br)(Br)C(=O)N3)c([N+](=O)[O-])c1. The molecule has 2 amide bonds. The van der Waals surface area contributed by atoms with Crippen molar-refractivity contribution in [1.29, 1.82) is 0 Å². The molecule has 0 saturated heterocycles. The van der Waals surface area contributed by atoms with Crippen molar-refractivity contribution in [2.24, 2.45) is 0 Å². The number of halogens is 2. The van der Waals surface area contributed by atoms with Crippen molar-refractivity contribution in [2.75, 3.05) is 17.7 Å². The predicted molar refractivity (Wildman–Crippen MR) is 102 cm³/mol. The van der Waals surface area contributed by atoms with Gasteiger partial charge in [-0.25, -0.2) is 4.98 Å². The Morgan fingerprint density at radius 1 is 1.35 bits per heavy atom. The van der Waals surface area contributed by atoms with Gasteiger partial charge in [-0.05, 0) is 18.2 Å². The molecule has 0 bridgehead atoms. The molecule has 1 aromatic carbocycles. The van der Waals surface area contributed by atoms with E-state index < -0.39 is 14.1 Å². The summed E-state index contributed by atoms with van der Waals surface area (Å²) in [5.41, 5.74) is 1.09. The van der Waals surface area contributed by atoms with E-state index in [9.17, 15) is 19.7 Å². The molecule has 1 aromatic heterocycles. The monoisotopic (exact) mass is 483 g/mol. The first-order chi connectivity index (χ1) is 12.2. The van der Waals surface area contributed by atoms with Crippen molar-refractivity contribution < 1.29 is 14.5 Å². The highest BCUT2D eigenvalue weighted by Gasteiger charge is 2.43. The van der Waals surface area contributed by atoms with E-state index in [-0.39, 0.29) is 22.8 Å². The van der Waals surface area contributed by atoms with Crippen LogP contribution in [0.2, 0.25) is 0 Å². The molecule has 9 nitrogen and oxygen atoms in total. The molecule has 0 fully saturated rings.